The van der Waals surface area contributed by atoms with Crippen molar-refractivity contribution in [3.8, 4) is 0 Å². The quantitative estimate of drug-likeness (QED) is 0.217. The first kappa shape index (κ1) is 35.8. The summed E-state index contributed by atoms with van der Waals surface area (Å²) < 4.78 is 0. The van der Waals surface area contributed by atoms with Crippen LogP contribution in [0, 0.1) is 0 Å². The fourth-order valence-corrected chi connectivity index (χ4v) is 4.73. The van der Waals surface area contributed by atoms with E-state index >= 15 is 0 Å². The molecular weight excluding hydrogens is 607 g/mol. The van der Waals surface area contributed by atoms with Crippen molar-refractivity contribution in [3.63, 3.8) is 0 Å². The molecule has 0 spiro atoms. The van der Waals surface area contributed by atoms with Gasteiger partial charge < -0.3 is 37.7 Å². The number of amidine groups is 2. The number of hydrogen-bond donors (Lipinski definition) is 2. The summed E-state index contributed by atoms with van der Waals surface area (Å²) in [5.74, 6) is 0. The second-order valence-electron chi connectivity index (χ2n) is 9.50. The van der Waals surface area contributed by atoms with E-state index in [0.717, 1.165) is 48.5 Å². The van der Waals surface area contributed by atoms with Crippen molar-refractivity contribution in [2.24, 2.45) is 20.2 Å². The van der Waals surface area contributed by atoms with Crippen LogP contribution in [0.1, 0.15) is 89.4 Å². The molecule has 0 saturated heterocycles. The molecule has 0 unspecified atom stereocenters. The van der Waals surface area contributed by atoms with Crippen LogP contribution in [-0.2, 0) is 42.0 Å². The number of rotatable bonds is 6. The minimum absolute atomic E-state index is 0. The zero-order valence-electron chi connectivity index (χ0n) is 23.1. The molecule has 0 aliphatic heterocycles. The normalized spacial score (nSPS) is 17.4. The second kappa shape index (κ2) is 20.7. The maximum absolute atomic E-state index is 5.20. The predicted octanol–water partition coefficient (Wildman–Crippen LogP) is 2.26. The average Bonchev–Trinajstić information content (AvgIpc) is 2.97. The van der Waals surface area contributed by atoms with Gasteiger partial charge in [0.2, 0.25) is 0 Å². The van der Waals surface area contributed by atoms with E-state index in [4.69, 9.17) is 25.3 Å². The van der Waals surface area contributed by atoms with E-state index in [2.05, 4.69) is 41.0 Å². The Labute approximate surface area is 266 Å². The Hall–Kier alpha value is -2.18. The van der Waals surface area contributed by atoms with Crippen LogP contribution in [0.4, 0.5) is 0 Å². The fourth-order valence-electron chi connectivity index (χ4n) is 4.34. The minimum atomic E-state index is 0. The van der Waals surface area contributed by atoms with Gasteiger partial charge in [0.05, 0.1) is 22.8 Å². The van der Waals surface area contributed by atoms with E-state index in [1.807, 2.05) is 50.2 Å². The Morgan fingerprint density at radius 2 is 1.05 bits per heavy atom. The largest absolute Gasteiger partial charge is 3.00 e. The van der Waals surface area contributed by atoms with Crippen LogP contribution in [0.25, 0.3) is 0 Å². The summed E-state index contributed by atoms with van der Waals surface area (Å²) in [5.41, 5.74) is 8.98. The van der Waals surface area contributed by atoms with Crippen LogP contribution in [0.15, 0.2) is 69.0 Å². The molecule has 2 fully saturated rings. The van der Waals surface area contributed by atoms with Crippen molar-refractivity contribution in [2.45, 2.75) is 90.1 Å². The number of hydrazone groups is 2. The molecule has 2 aliphatic carbocycles. The van der Waals surface area contributed by atoms with Gasteiger partial charge in [-0.2, -0.15) is 10.2 Å². The molecule has 0 amide bonds. The summed E-state index contributed by atoms with van der Waals surface area (Å²) in [7, 11) is 0. The van der Waals surface area contributed by atoms with Gasteiger partial charge in [-0.05, 0) is 74.1 Å². The first-order chi connectivity index (χ1) is 18.5. The van der Waals surface area contributed by atoms with E-state index in [1.165, 1.54) is 38.5 Å². The van der Waals surface area contributed by atoms with E-state index < -0.39 is 0 Å². The molecule has 12 heteroatoms. The van der Waals surface area contributed by atoms with E-state index in [1.54, 1.807) is 12.4 Å². The monoisotopic (exact) mass is 644 g/mol. The van der Waals surface area contributed by atoms with Crippen LogP contribution in [0.5, 0.6) is 0 Å². The molecule has 0 atom stereocenters. The SMILES string of the molecule is C/C(=N\NC([S-])=NC1CCCCC1)c1ccccn1.C/C(=N\NC([S-])=NC1CCCCC1)c1ccccn1.[Cl-].[Co+3]. The third kappa shape index (κ3) is 13.9. The van der Waals surface area contributed by atoms with Crippen LogP contribution < -0.4 is 23.3 Å². The van der Waals surface area contributed by atoms with Gasteiger partial charge in [-0.25, -0.2) is 0 Å². The summed E-state index contributed by atoms with van der Waals surface area (Å²) in [6.07, 6.45) is 15.7. The molecule has 0 bridgehead atoms. The van der Waals surface area contributed by atoms with Crippen molar-refractivity contribution in [3.05, 3.63) is 60.2 Å². The third-order valence-electron chi connectivity index (χ3n) is 6.46. The number of nitrogens with one attached hydrogen (secondary N) is 2. The van der Waals surface area contributed by atoms with Gasteiger partial charge >= 0.3 is 16.8 Å². The summed E-state index contributed by atoms with van der Waals surface area (Å²) >= 11 is 10.4. The Kier molecular flexibility index (Phi) is 18.5. The number of nitrogens with zero attached hydrogens (tertiary/aromatic N) is 6. The summed E-state index contributed by atoms with van der Waals surface area (Å²) in [5, 5.41) is 9.41. The number of aromatic nitrogens is 2. The predicted molar refractivity (Wildman–Crippen MR) is 163 cm³/mol. The molecule has 0 aromatic carbocycles. The zero-order chi connectivity index (χ0) is 27.0. The Balaban J connectivity index is 0.000000381. The maximum atomic E-state index is 5.20. The number of aliphatic imine (C=N–C) groups is 2. The average molecular weight is 645 g/mol. The number of halogens is 1. The van der Waals surface area contributed by atoms with Crippen molar-refractivity contribution >= 4 is 47.0 Å². The molecule has 2 heterocycles. The standard InChI is InChI=1S/2C14H20N4S.ClH.Co/c2*1-11(13-9-5-6-10-15-13)17-18-14(19)16-12-7-3-2-4-8-12;;/h2*5-6,9-10,12H,2-4,7-8H2,1H3,(H2,16,18,19);1H;/q;;;+3/p-3/b2*17-11+;;. The fraction of sp³-hybridized carbons (Fsp3) is 0.500. The smallest absolute Gasteiger partial charge is 1.00 e. The van der Waals surface area contributed by atoms with Gasteiger partial charge in [0.1, 0.15) is 0 Å². The molecule has 2 saturated carbocycles. The zero-order valence-corrected chi connectivity index (χ0v) is 26.5. The molecule has 2 aromatic heterocycles. The Bertz CT molecular complexity index is 1000. The molecule has 40 heavy (non-hydrogen) atoms. The van der Waals surface area contributed by atoms with E-state index in [-0.39, 0.29) is 29.2 Å². The van der Waals surface area contributed by atoms with Crippen LogP contribution in [-0.4, -0.2) is 43.8 Å². The van der Waals surface area contributed by atoms with Crippen LogP contribution in [0.3, 0.4) is 0 Å². The number of hydrogen-bond acceptors (Lipinski definition) is 8. The van der Waals surface area contributed by atoms with E-state index in [0.29, 0.717) is 22.4 Å². The van der Waals surface area contributed by atoms with Gasteiger partial charge in [0, 0.05) is 24.5 Å². The maximum Gasteiger partial charge on any atom is 3.00 e. The van der Waals surface area contributed by atoms with Crippen LogP contribution >= 0.6 is 0 Å². The summed E-state index contributed by atoms with van der Waals surface area (Å²) in [6, 6.07) is 12.2. The second-order valence-corrected chi connectivity index (χ2v) is 10.3. The third-order valence-corrected chi connectivity index (χ3v) is 6.85. The van der Waals surface area contributed by atoms with Crippen molar-refractivity contribution in [1.82, 2.24) is 20.8 Å². The topological polar surface area (TPSA) is 99.3 Å². The van der Waals surface area contributed by atoms with Crippen molar-refractivity contribution in [1.29, 1.82) is 0 Å². The molecule has 218 valence electrons. The van der Waals surface area contributed by atoms with E-state index in [9.17, 15) is 0 Å². The van der Waals surface area contributed by atoms with Crippen molar-refractivity contribution in [2.75, 3.05) is 0 Å². The molecule has 2 aliphatic rings. The summed E-state index contributed by atoms with van der Waals surface area (Å²) in [6.45, 7) is 3.80. The van der Waals surface area contributed by atoms with Crippen molar-refractivity contribution < 1.29 is 29.2 Å². The van der Waals surface area contributed by atoms with Gasteiger partial charge in [-0.15, -0.1) is 0 Å². The molecule has 0 radical (unpaired) electrons. The first-order valence-electron chi connectivity index (χ1n) is 13.4. The number of pyridine rings is 2. The summed E-state index contributed by atoms with van der Waals surface area (Å²) in [4.78, 5) is 17.4. The molecular formula is C28H38ClCoN8S2. The Morgan fingerprint density at radius 3 is 1.38 bits per heavy atom. The van der Waals surface area contributed by atoms with Gasteiger partial charge in [0.25, 0.3) is 0 Å². The van der Waals surface area contributed by atoms with Crippen LogP contribution in [0.2, 0.25) is 0 Å². The molecule has 8 nitrogen and oxygen atoms in total. The molecule has 2 N–H and O–H groups in total. The molecule has 2 aromatic rings. The molecule has 4 rings (SSSR count). The Morgan fingerprint density at radius 1 is 0.675 bits per heavy atom. The van der Waals surface area contributed by atoms with Gasteiger partial charge in [-0.1, -0.05) is 50.7 Å². The first-order valence-corrected chi connectivity index (χ1v) is 14.3. The van der Waals surface area contributed by atoms with Gasteiger partial charge in [-0.3, -0.25) is 30.8 Å². The minimum Gasteiger partial charge on any atom is -1.00 e. The van der Waals surface area contributed by atoms with Gasteiger partial charge in [0.15, 0.2) is 0 Å².